The molecule has 0 aromatic heterocycles. The second-order valence-electron chi connectivity index (χ2n) is 4.67. The van der Waals surface area contributed by atoms with E-state index in [9.17, 15) is 13.6 Å². The van der Waals surface area contributed by atoms with E-state index in [0.29, 0.717) is 13.2 Å². The predicted octanol–water partition coefficient (Wildman–Crippen LogP) is -0.117. The van der Waals surface area contributed by atoms with E-state index in [-0.39, 0.29) is 19.6 Å². The standard InChI is InChI=1S/C10H17F2N3O2/c1-17-3-2-14-8(16)15-6-9(4-13-5-9)10(11,12)7-15/h13H,2-7H2,1H3,(H,14,16). The molecule has 2 fully saturated rings. The second kappa shape index (κ2) is 4.38. The molecule has 0 aliphatic carbocycles. The van der Waals surface area contributed by atoms with Gasteiger partial charge in [-0.15, -0.1) is 0 Å². The number of hydrogen-bond acceptors (Lipinski definition) is 3. The number of alkyl halides is 2. The smallest absolute Gasteiger partial charge is 0.317 e. The van der Waals surface area contributed by atoms with Crippen molar-refractivity contribution in [3.8, 4) is 0 Å². The SMILES string of the molecule is COCCNC(=O)N1CC(F)(F)C2(CNC2)C1. The lowest BCUT2D eigenvalue weighted by atomic mass is 9.78. The number of likely N-dealkylation sites (tertiary alicyclic amines) is 1. The summed E-state index contributed by atoms with van der Waals surface area (Å²) in [6.45, 7) is 0.897. The van der Waals surface area contributed by atoms with Crippen LogP contribution in [0.3, 0.4) is 0 Å². The number of hydrogen-bond donors (Lipinski definition) is 2. The van der Waals surface area contributed by atoms with Gasteiger partial charge in [0, 0.05) is 33.3 Å². The van der Waals surface area contributed by atoms with Crippen molar-refractivity contribution in [2.24, 2.45) is 5.41 Å². The van der Waals surface area contributed by atoms with Crippen LogP contribution >= 0.6 is 0 Å². The first-order valence-electron chi connectivity index (χ1n) is 5.61. The fourth-order valence-corrected chi connectivity index (χ4v) is 2.26. The van der Waals surface area contributed by atoms with Gasteiger partial charge < -0.3 is 20.3 Å². The van der Waals surface area contributed by atoms with E-state index in [1.54, 1.807) is 0 Å². The minimum Gasteiger partial charge on any atom is -0.383 e. The number of amides is 2. The van der Waals surface area contributed by atoms with Crippen LogP contribution in [0, 0.1) is 5.41 Å². The lowest BCUT2D eigenvalue weighted by molar-refractivity contribution is -0.108. The molecule has 2 saturated heterocycles. The summed E-state index contributed by atoms with van der Waals surface area (Å²) in [6.07, 6.45) is 0. The third-order valence-corrected chi connectivity index (χ3v) is 3.46. The van der Waals surface area contributed by atoms with Gasteiger partial charge in [-0.05, 0) is 0 Å². The fourth-order valence-electron chi connectivity index (χ4n) is 2.26. The van der Waals surface area contributed by atoms with Gasteiger partial charge in [0.2, 0.25) is 0 Å². The van der Waals surface area contributed by atoms with Crippen molar-refractivity contribution < 1.29 is 18.3 Å². The molecule has 0 unspecified atom stereocenters. The fraction of sp³-hybridized carbons (Fsp3) is 0.900. The van der Waals surface area contributed by atoms with Gasteiger partial charge in [-0.2, -0.15) is 0 Å². The number of ether oxygens (including phenoxy) is 1. The molecule has 17 heavy (non-hydrogen) atoms. The largest absolute Gasteiger partial charge is 0.383 e. The van der Waals surface area contributed by atoms with Crippen molar-refractivity contribution in [3.63, 3.8) is 0 Å². The number of carbonyl (C=O) groups is 1. The summed E-state index contributed by atoms with van der Waals surface area (Å²) in [4.78, 5) is 12.8. The van der Waals surface area contributed by atoms with Crippen LogP contribution in [0.2, 0.25) is 0 Å². The van der Waals surface area contributed by atoms with E-state index in [0.717, 1.165) is 0 Å². The van der Waals surface area contributed by atoms with Crippen LogP contribution in [0.1, 0.15) is 0 Å². The Bertz CT molecular complexity index is 308. The van der Waals surface area contributed by atoms with Crippen LogP contribution in [0.4, 0.5) is 13.6 Å². The van der Waals surface area contributed by atoms with E-state index in [4.69, 9.17) is 4.74 Å². The molecule has 2 amide bonds. The van der Waals surface area contributed by atoms with E-state index in [1.165, 1.54) is 12.0 Å². The Morgan fingerprint density at radius 1 is 1.47 bits per heavy atom. The molecule has 0 aromatic carbocycles. The molecule has 0 bridgehead atoms. The minimum atomic E-state index is -2.79. The zero-order valence-corrected chi connectivity index (χ0v) is 9.76. The molecule has 2 aliphatic rings. The third kappa shape index (κ3) is 2.09. The summed E-state index contributed by atoms with van der Waals surface area (Å²) >= 11 is 0. The van der Waals surface area contributed by atoms with Gasteiger partial charge in [0.05, 0.1) is 18.6 Å². The monoisotopic (exact) mass is 249 g/mol. The minimum absolute atomic E-state index is 0.117. The summed E-state index contributed by atoms with van der Waals surface area (Å²) in [5.41, 5.74) is -1.05. The van der Waals surface area contributed by atoms with E-state index >= 15 is 0 Å². The first kappa shape index (κ1) is 12.5. The van der Waals surface area contributed by atoms with Crippen LogP contribution in [-0.4, -0.2) is 63.3 Å². The average molecular weight is 249 g/mol. The molecule has 2 heterocycles. The maximum Gasteiger partial charge on any atom is 0.317 e. The molecular formula is C10H17F2N3O2. The van der Waals surface area contributed by atoms with Gasteiger partial charge in [0.25, 0.3) is 5.92 Å². The highest BCUT2D eigenvalue weighted by Crippen LogP contribution is 2.46. The number of methoxy groups -OCH3 is 1. The number of halogens is 2. The Kier molecular flexibility index (Phi) is 3.22. The van der Waals surface area contributed by atoms with Crippen molar-refractivity contribution in [2.45, 2.75) is 5.92 Å². The molecule has 0 atom stereocenters. The number of rotatable bonds is 3. The van der Waals surface area contributed by atoms with Crippen LogP contribution in [0.15, 0.2) is 0 Å². The molecule has 1 spiro atoms. The first-order chi connectivity index (χ1) is 8.01. The number of nitrogens with one attached hydrogen (secondary N) is 2. The molecule has 2 aliphatic heterocycles. The van der Waals surface area contributed by atoms with Gasteiger partial charge in [-0.25, -0.2) is 13.6 Å². The predicted molar refractivity (Wildman–Crippen MR) is 57.1 cm³/mol. The molecule has 2 N–H and O–H groups in total. The quantitative estimate of drug-likeness (QED) is 0.686. The van der Waals surface area contributed by atoms with E-state index in [1.807, 2.05) is 0 Å². The topological polar surface area (TPSA) is 53.6 Å². The Balaban J connectivity index is 1.90. The number of carbonyl (C=O) groups excluding carboxylic acids is 1. The molecule has 7 heteroatoms. The van der Waals surface area contributed by atoms with Crippen LogP contribution in [0.5, 0.6) is 0 Å². The highest BCUT2D eigenvalue weighted by molar-refractivity contribution is 5.74. The van der Waals surface area contributed by atoms with Crippen molar-refractivity contribution in [1.82, 2.24) is 15.5 Å². The van der Waals surface area contributed by atoms with E-state index < -0.39 is 23.9 Å². The maximum atomic E-state index is 13.8. The lowest BCUT2D eigenvalue weighted by Gasteiger charge is -2.42. The maximum absolute atomic E-state index is 13.8. The van der Waals surface area contributed by atoms with Crippen molar-refractivity contribution in [3.05, 3.63) is 0 Å². The van der Waals surface area contributed by atoms with Gasteiger partial charge in [0.1, 0.15) is 0 Å². The van der Waals surface area contributed by atoms with Gasteiger partial charge in [0.15, 0.2) is 0 Å². The van der Waals surface area contributed by atoms with Gasteiger partial charge >= 0.3 is 6.03 Å². The third-order valence-electron chi connectivity index (χ3n) is 3.46. The summed E-state index contributed by atoms with van der Waals surface area (Å²) in [6, 6.07) is -0.439. The van der Waals surface area contributed by atoms with Crippen molar-refractivity contribution in [2.75, 3.05) is 46.4 Å². The molecule has 2 rings (SSSR count). The number of nitrogens with zero attached hydrogens (tertiary/aromatic N) is 1. The average Bonchev–Trinajstić information content (AvgIpc) is 2.50. The van der Waals surface area contributed by atoms with Crippen LogP contribution in [0.25, 0.3) is 0 Å². The normalized spacial score (nSPS) is 24.8. The Morgan fingerprint density at radius 2 is 2.18 bits per heavy atom. The molecular weight excluding hydrogens is 232 g/mol. The van der Waals surface area contributed by atoms with Crippen LogP contribution < -0.4 is 10.6 Å². The first-order valence-corrected chi connectivity index (χ1v) is 5.61. The second-order valence-corrected chi connectivity index (χ2v) is 4.67. The van der Waals surface area contributed by atoms with E-state index in [2.05, 4.69) is 10.6 Å². The Labute approximate surface area is 98.5 Å². The molecule has 0 saturated carbocycles. The molecule has 98 valence electrons. The van der Waals surface area contributed by atoms with Crippen LogP contribution in [-0.2, 0) is 4.74 Å². The van der Waals surface area contributed by atoms with Gasteiger partial charge in [-0.1, -0.05) is 0 Å². The Hall–Kier alpha value is -0.950. The van der Waals surface area contributed by atoms with Crippen molar-refractivity contribution >= 4 is 6.03 Å². The summed E-state index contributed by atoms with van der Waals surface area (Å²) in [5.74, 6) is -2.79. The molecule has 0 aromatic rings. The zero-order chi connectivity index (χ0) is 12.5. The summed E-state index contributed by atoms with van der Waals surface area (Å²) < 4.78 is 32.3. The highest BCUT2D eigenvalue weighted by atomic mass is 19.3. The Morgan fingerprint density at radius 3 is 2.65 bits per heavy atom. The van der Waals surface area contributed by atoms with Crippen molar-refractivity contribution in [1.29, 1.82) is 0 Å². The summed E-state index contributed by atoms with van der Waals surface area (Å²) in [7, 11) is 1.52. The molecule has 5 nitrogen and oxygen atoms in total. The number of urea groups is 1. The molecule has 0 radical (unpaired) electrons. The lowest BCUT2D eigenvalue weighted by Crippen LogP contribution is -2.62. The van der Waals surface area contributed by atoms with Gasteiger partial charge in [-0.3, -0.25) is 0 Å². The summed E-state index contributed by atoms with van der Waals surface area (Å²) in [5, 5.41) is 5.41. The highest BCUT2D eigenvalue weighted by Gasteiger charge is 2.63. The zero-order valence-electron chi connectivity index (χ0n) is 9.76.